The molecule has 0 fully saturated rings. The van der Waals surface area contributed by atoms with Crippen molar-refractivity contribution in [2.45, 2.75) is 32.7 Å². The van der Waals surface area contributed by atoms with Crippen LogP contribution in [0.4, 0.5) is 0 Å². The molecule has 2 aromatic carbocycles. The van der Waals surface area contributed by atoms with E-state index in [9.17, 15) is 0 Å². The fourth-order valence-corrected chi connectivity index (χ4v) is 3.85. The van der Waals surface area contributed by atoms with E-state index in [1.807, 2.05) is 18.2 Å². The number of fused-ring (bicyclic) bond motifs is 1. The van der Waals surface area contributed by atoms with Crippen molar-refractivity contribution >= 4 is 45.8 Å². The number of imidazole rings is 1. The van der Waals surface area contributed by atoms with E-state index in [0.29, 0.717) is 21.7 Å². The zero-order valence-corrected chi connectivity index (χ0v) is 18.6. The maximum absolute atomic E-state index is 6.38. The molecule has 0 aliphatic heterocycles. The molecule has 4 aromatic rings. The van der Waals surface area contributed by atoms with Gasteiger partial charge in [-0.15, -0.1) is 0 Å². The Hall–Kier alpha value is -2.07. The van der Waals surface area contributed by atoms with E-state index in [2.05, 4.69) is 54.6 Å². The lowest BCUT2D eigenvalue weighted by Gasteiger charge is -2.19. The molecule has 0 amide bonds. The van der Waals surface area contributed by atoms with Crippen LogP contribution in [-0.2, 0) is 12.0 Å². The van der Waals surface area contributed by atoms with Gasteiger partial charge in [-0.3, -0.25) is 0 Å². The number of halogens is 3. The molecule has 0 unspecified atom stereocenters. The Morgan fingerprint density at radius 3 is 2.28 bits per heavy atom. The quantitative estimate of drug-likeness (QED) is 0.308. The summed E-state index contributed by atoms with van der Waals surface area (Å²) < 4.78 is 2.10. The van der Waals surface area contributed by atoms with Gasteiger partial charge in [-0.25, -0.2) is 9.97 Å². The second-order valence-electron chi connectivity index (χ2n) is 8.07. The first-order valence-corrected chi connectivity index (χ1v) is 10.4. The molecule has 29 heavy (non-hydrogen) atoms. The molecule has 0 saturated carbocycles. The molecular formula is C23H20Cl3N3. The third-order valence-corrected chi connectivity index (χ3v) is 5.97. The maximum atomic E-state index is 6.38. The monoisotopic (exact) mass is 443 g/mol. The SMILES string of the molecule is CC(C)(C)c1ccc(Cn2c(-c3cccnc3Cl)nc3cc(Cl)c(Cl)cc32)cc1. The standard InChI is InChI=1S/C23H20Cl3N3/c1-23(2,3)15-8-6-14(7-9-15)13-29-20-12-18(25)17(24)11-19(20)28-22(29)16-5-4-10-27-21(16)26/h4-12H,13H2,1-3H3. The number of rotatable bonds is 3. The van der Waals surface area contributed by atoms with Gasteiger partial charge in [0.15, 0.2) is 0 Å². The average Bonchev–Trinajstić information content (AvgIpc) is 2.99. The summed E-state index contributed by atoms with van der Waals surface area (Å²) in [7, 11) is 0. The summed E-state index contributed by atoms with van der Waals surface area (Å²) in [6.45, 7) is 7.25. The molecular weight excluding hydrogens is 425 g/mol. The van der Waals surface area contributed by atoms with Crippen LogP contribution < -0.4 is 0 Å². The van der Waals surface area contributed by atoms with Crippen LogP contribution in [0.3, 0.4) is 0 Å². The van der Waals surface area contributed by atoms with Crippen molar-refractivity contribution in [2.24, 2.45) is 0 Å². The molecule has 0 saturated heterocycles. The summed E-state index contributed by atoms with van der Waals surface area (Å²) in [4.78, 5) is 9.00. The highest BCUT2D eigenvalue weighted by Gasteiger charge is 2.18. The lowest BCUT2D eigenvalue weighted by molar-refractivity contribution is 0.590. The van der Waals surface area contributed by atoms with Gasteiger partial charge in [0, 0.05) is 12.7 Å². The predicted molar refractivity (Wildman–Crippen MR) is 122 cm³/mol. The highest BCUT2D eigenvalue weighted by molar-refractivity contribution is 6.42. The van der Waals surface area contributed by atoms with Crippen LogP contribution in [0.5, 0.6) is 0 Å². The van der Waals surface area contributed by atoms with Crippen molar-refractivity contribution in [3.63, 3.8) is 0 Å². The molecule has 3 nitrogen and oxygen atoms in total. The van der Waals surface area contributed by atoms with Gasteiger partial charge in [0.25, 0.3) is 0 Å². The van der Waals surface area contributed by atoms with Crippen LogP contribution in [0.2, 0.25) is 15.2 Å². The van der Waals surface area contributed by atoms with Gasteiger partial charge >= 0.3 is 0 Å². The van der Waals surface area contributed by atoms with Gasteiger partial charge in [-0.2, -0.15) is 0 Å². The number of aromatic nitrogens is 3. The molecule has 0 aliphatic carbocycles. The predicted octanol–water partition coefficient (Wildman–Crippen LogP) is 7.40. The Morgan fingerprint density at radius 1 is 0.931 bits per heavy atom. The summed E-state index contributed by atoms with van der Waals surface area (Å²) >= 11 is 18.9. The molecule has 0 atom stereocenters. The van der Waals surface area contributed by atoms with E-state index >= 15 is 0 Å². The normalized spacial score (nSPS) is 11.9. The Balaban J connectivity index is 1.86. The molecule has 4 rings (SSSR count). The van der Waals surface area contributed by atoms with E-state index < -0.39 is 0 Å². The highest BCUT2D eigenvalue weighted by Crippen LogP contribution is 2.34. The molecule has 6 heteroatoms. The zero-order valence-electron chi connectivity index (χ0n) is 16.4. The molecule has 0 spiro atoms. The van der Waals surface area contributed by atoms with Gasteiger partial charge in [0.05, 0.1) is 26.6 Å². The molecule has 2 aromatic heterocycles. The van der Waals surface area contributed by atoms with E-state index in [0.717, 1.165) is 28.0 Å². The summed E-state index contributed by atoms with van der Waals surface area (Å²) in [5.74, 6) is 0.733. The molecule has 148 valence electrons. The largest absolute Gasteiger partial charge is 0.319 e. The average molecular weight is 445 g/mol. The summed E-state index contributed by atoms with van der Waals surface area (Å²) in [6.07, 6.45) is 1.66. The topological polar surface area (TPSA) is 30.7 Å². The van der Waals surface area contributed by atoms with Crippen LogP contribution in [0.1, 0.15) is 31.9 Å². The summed E-state index contributed by atoms with van der Waals surface area (Å²) in [6, 6.07) is 16.1. The van der Waals surface area contributed by atoms with Crippen molar-refractivity contribution < 1.29 is 0 Å². The first kappa shape index (κ1) is 20.2. The molecule has 2 heterocycles. The van der Waals surface area contributed by atoms with Crippen LogP contribution in [-0.4, -0.2) is 14.5 Å². The molecule has 0 aliphatic rings. The van der Waals surface area contributed by atoms with Crippen molar-refractivity contribution in [2.75, 3.05) is 0 Å². The number of hydrogen-bond acceptors (Lipinski definition) is 2. The van der Waals surface area contributed by atoms with Crippen molar-refractivity contribution in [3.8, 4) is 11.4 Å². The van der Waals surface area contributed by atoms with Crippen LogP contribution in [0.15, 0.2) is 54.7 Å². The lowest BCUT2D eigenvalue weighted by Crippen LogP contribution is -2.11. The smallest absolute Gasteiger partial charge is 0.144 e. The van der Waals surface area contributed by atoms with E-state index in [1.54, 1.807) is 12.3 Å². The van der Waals surface area contributed by atoms with E-state index in [1.165, 1.54) is 5.56 Å². The van der Waals surface area contributed by atoms with Gasteiger partial charge in [-0.1, -0.05) is 79.8 Å². The van der Waals surface area contributed by atoms with Crippen molar-refractivity contribution in [1.29, 1.82) is 0 Å². The Labute approximate surface area is 185 Å². The van der Waals surface area contributed by atoms with E-state index in [-0.39, 0.29) is 5.41 Å². The highest BCUT2D eigenvalue weighted by atomic mass is 35.5. The fraction of sp³-hybridized carbons (Fsp3) is 0.217. The minimum absolute atomic E-state index is 0.110. The second kappa shape index (κ2) is 7.64. The first-order chi connectivity index (χ1) is 13.7. The van der Waals surface area contributed by atoms with Crippen molar-refractivity contribution in [3.05, 3.63) is 81.1 Å². The minimum Gasteiger partial charge on any atom is -0.319 e. The fourth-order valence-electron chi connectivity index (χ4n) is 3.33. The molecule has 0 bridgehead atoms. The summed E-state index contributed by atoms with van der Waals surface area (Å²) in [5, 5.41) is 1.37. The number of hydrogen-bond donors (Lipinski definition) is 0. The van der Waals surface area contributed by atoms with Crippen LogP contribution in [0, 0.1) is 0 Å². The first-order valence-electron chi connectivity index (χ1n) is 9.29. The van der Waals surface area contributed by atoms with Gasteiger partial charge in [-0.05, 0) is 40.8 Å². The van der Waals surface area contributed by atoms with Crippen LogP contribution in [0.25, 0.3) is 22.4 Å². The Morgan fingerprint density at radius 2 is 1.62 bits per heavy atom. The molecule has 0 N–H and O–H groups in total. The van der Waals surface area contributed by atoms with Gasteiger partial charge in [0.1, 0.15) is 11.0 Å². The number of benzene rings is 2. The minimum atomic E-state index is 0.110. The third kappa shape index (κ3) is 4.00. The van der Waals surface area contributed by atoms with E-state index in [4.69, 9.17) is 39.8 Å². The zero-order chi connectivity index (χ0) is 20.8. The van der Waals surface area contributed by atoms with Crippen molar-refractivity contribution in [1.82, 2.24) is 14.5 Å². The number of nitrogens with zero attached hydrogens (tertiary/aromatic N) is 3. The number of pyridine rings is 1. The Kier molecular flexibility index (Phi) is 5.32. The summed E-state index contributed by atoms with van der Waals surface area (Å²) in [5.41, 5.74) is 4.99. The maximum Gasteiger partial charge on any atom is 0.144 e. The third-order valence-electron chi connectivity index (χ3n) is 4.95. The second-order valence-corrected chi connectivity index (χ2v) is 9.24. The lowest BCUT2D eigenvalue weighted by atomic mass is 9.87. The van der Waals surface area contributed by atoms with Gasteiger partial charge < -0.3 is 4.57 Å². The van der Waals surface area contributed by atoms with Gasteiger partial charge in [0.2, 0.25) is 0 Å². The molecule has 0 radical (unpaired) electrons. The Bertz CT molecular complexity index is 1190. The van der Waals surface area contributed by atoms with Crippen LogP contribution >= 0.6 is 34.8 Å².